The van der Waals surface area contributed by atoms with Gasteiger partial charge in [-0.05, 0) is 24.6 Å². The third-order valence-electron chi connectivity index (χ3n) is 1.59. The molecule has 82 valence electrons. The molecular formula is C10H12O4S. The fourth-order valence-electron chi connectivity index (χ4n) is 0.931. The normalized spacial score (nSPS) is 11.1. The highest BCUT2D eigenvalue weighted by Crippen LogP contribution is 2.17. The zero-order chi connectivity index (χ0) is 11.5. The van der Waals surface area contributed by atoms with Gasteiger partial charge in [0.2, 0.25) is 0 Å². The summed E-state index contributed by atoms with van der Waals surface area (Å²) < 4.78 is 35.6. The largest absolute Gasteiger partial charge is 0.489 e. The van der Waals surface area contributed by atoms with Gasteiger partial charge in [-0.15, -0.1) is 0 Å². The van der Waals surface area contributed by atoms with Crippen LogP contribution in [0.1, 0.15) is 6.92 Å². The van der Waals surface area contributed by atoms with Gasteiger partial charge in [-0.25, -0.2) is 0 Å². The third kappa shape index (κ3) is 3.73. The minimum Gasteiger partial charge on any atom is -0.489 e. The molecule has 15 heavy (non-hydrogen) atoms. The average Bonchev–Trinajstić information content (AvgIpc) is 2.14. The minimum atomic E-state index is -4.17. The smallest absolute Gasteiger partial charge is 0.294 e. The molecule has 0 unspecified atom stereocenters. The maximum atomic E-state index is 10.8. The maximum absolute atomic E-state index is 10.8. The lowest BCUT2D eigenvalue weighted by Crippen LogP contribution is -2.01. The van der Waals surface area contributed by atoms with E-state index in [0.717, 1.165) is 5.57 Å². The molecule has 1 N–H and O–H groups in total. The first-order chi connectivity index (χ1) is 6.89. The SMILES string of the molecule is C=C(C)COc1cccc(S(=O)(=O)O)c1. The van der Waals surface area contributed by atoms with Gasteiger partial charge in [-0.1, -0.05) is 12.6 Å². The van der Waals surface area contributed by atoms with Gasteiger partial charge >= 0.3 is 0 Å². The van der Waals surface area contributed by atoms with Crippen LogP contribution in [-0.2, 0) is 10.1 Å². The Morgan fingerprint density at radius 1 is 1.53 bits per heavy atom. The molecule has 1 aromatic carbocycles. The standard InChI is InChI=1S/C10H12O4S/c1-8(2)7-14-9-4-3-5-10(6-9)15(11,12)13/h3-6H,1,7H2,2H3,(H,11,12,13). The van der Waals surface area contributed by atoms with Crippen LogP contribution in [0.5, 0.6) is 5.75 Å². The van der Waals surface area contributed by atoms with E-state index < -0.39 is 10.1 Å². The number of ether oxygens (including phenoxy) is 1. The van der Waals surface area contributed by atoms with E-state index in [1.807, 2.05) is 0 Å². The monoisotopic (exact) mass is 228 g/mol. The van der Waals surface area contributed by atoms with Gasteiger partial charge in [0.15, 0.2) is 0 Å². The van der Waals surface area contributed by atoms with Crippen molar-refractivity contribution >= 4 is 10.1 Å². The van der Waals surface area contributed by atoms with Gasteiger partial charge in [-0.2, -0.15) is 8.42 Å². The average molecular weight is 228 g/mol. The molecule has 5 heteroatoms. The lowest BCUT2D eigenvalue weighted by Gasteiger charge is -2.06. The van der Waals surface area contributed by atoms with E-state index in [0.29, 0.717) is 12.4 Å². The zero-order valence-corrected chi connectivity index (χ0v) is 9.12. The van der Waals surface area contributed by atoms with Crippen LogP contribution in [0.4, 0.5) is 0 Å². The predicted molar refractivity (Wildman–Crippen MR) is 56.6 cm³/mol. The van der Waals surface area contributed by atoms with Crippen molar-refractivity contribution in [1.29, 1.82) is 0 Å². The van der Waals surface area contributed by atoms with E-state index in [1.54, 1.807) is 13.0 Å². The first-order valence-corrected chi connectivity index (χ1v) is 5.68. The van der Waals surface area contributed by atoms with Gasteiger partial charge in [0.05, 0.1) is 4.90 Å². The van der Waals surface area contributed by atoms with Gasteiger partial charge in [0, 0.05) is 6.07 Å². The second kappa shape index (κ2) is 4.46. The second-order valence-electron chi connectivity index (χ2n) is 3.20. The molecule has 0 aliphatic rings. The van der Waals surface area contributed by atoms with Crippen LogP contribution in [0.25, 0.3) is 0 Å². The molecule has 0 bridgehead atoms. The number of benzene rings is 1. The molecule has 0 heterocycles. The summed E-state index contributed by atoms with van der Waals surface area (Å²) in [5.41, 5.74) is 0.826. The summed E-state index contributed by atoms with van der Waals surface area (Å²) in [7, 11) is -4.17. The van der Waals surface area contributed by atoms with Crippen LogP contribution in [0.2, 0.25) is 0 Å². The summed E-state index contributed by atoms with van der Waals surface area (Å²) in [6, 6.07) is 5.66. The Kier molecular flexibility index (Phi) is 3.49. The summed E-state index contributed by atoms with van der Waals surface area (Å²) in [4.78, 5) is -0.179. The molecule has 0 atom stereocenters. The Labute approximate surface area is 88.9 Å². The Hall–Kier alpha value is -1.33. The third-order valence-corrected chi connectivity index (χ3v) is 2.44. The molecular weight excluding hydrogens is 216 g/mol. The number of hydrogen-bond acceptors (Lipinski definition) is 3. The van der Waals surface area contributed by atoms with Crippen LogP contribution in [0.3, 0.4) is 0 Å². The molecule has 4 nitrogen and oxygen atoms in total. The molecule has 0 spiro atoms. The lowest BCUT2D eigenvalue weighted by molar-refractivity contribution is 0.351. The summed E-state index contributed by atoms with van der Waals surface area (Å²) in [6.45, 7) is 5.76. The molecule has 0 aliphatic heterocycles. The fraction of sp³-hybridized carbons (Fsp3) is 0.200. The molecule has 1 aromatic rings. The van der Waals surface area contributed by atoms with Crippen molar-refractivity contribution < 1.29 is 17.7 Å². The summed E-state index contributed by atoms with van der Waals surface area (Å²) >= 11 is 0. The van der Waals surface area contributed by atoms with Crippen molar-refractivity contribution in [3.05, 3.63) is 36.4 Å². The predicted octanol–water partition coefficient (Wildman–Crippen LogP) is 1.89. The van der Waals surface area contributed by atoms with Crippen LogP contribution in [0, 0.1) is 0 Å². The highest BCUT2D eigenvalue weighted by molar-refractivity contribution is 7.85. The Balaban J connectivity index is 2.89. The van der Waals surface area contributed by atoms with Crippen molar-refractivity contribution in [3.8, 4) is 5.75 Å². The Bertz CT molecular complexity index is 462. The number of hydrogen-bond donors (Lipinski definition) is 1. The van der Waals surface area contributed by atoms with E-state index in [2.05, 4.69) is 6.58 Å². The van der Waals surface area contributed by atoms with E-state index in [9.17, 15) is 8.42 Å². The van der Waals surface area contributed by atoms with Crippen LogP contribution in [-0.4, -0.2) is 19.6 Å². The van der Waals surface area contributed by atoms with Crippen molar-refractivity contribution in [3.63, 3.8) is 0 Å². The highest BCUT2D eigenvalue weighted by atomic mass is 32.2. The van der Waals surface area contributed by atoms with E-state index >= 15 is 0 Å². The number of rotatable bonds is 4. The summed E-state index contributed by atoms with van der Waals surface area (Å²) in [5, 5.41) is 0. The van der Waals surface area contributed by atoms with E-state index in [4.69, 9.17) is 9.29 Å². The Morgan fingerprint density at radius 3 is 2.73 bits per heavy atom. The van der Waals surface area contributed by atoms with Crippen molar-refractivity contribution in [2.24, 2.45) is 0 Å². The molecule has 0 saturated heterocycles. The van der Waals surface area contributed by atoms with Crippen LogP contribution < -0.4 is 4.74 Å². The second-order valence-corrected chi connectivity index (χ2v) is 4.62. The zero-order valence-electron chi connectivity index (χ0n) is 8.30. The quantitative estimate of drug-likeness (QED) is 0.631. The molecule has 0 amide bonds. The highest BCUT2D eigenvalue weighted by Gasteiger charge is 2.09. The van der Waals surface area contributed by atoms with Gasteiger partial charge in [0.25, 0.3) is 10.1 Å². The molecule has 1 rings (SSSR count). The molecule has 0 aliphatic carbocycles. The van der Waals surface area contributed by atoms with E-state index in [1.165, 1.54) is 18.2 Å². The molecule has 0 aromatic heterocycles. The lowest BCUT2D eigenvalue weighted by atomic mass is 10.3. The maximum Gasteiger partial charge on any atom is 0.294 e. The van der Waals surface area contributed by atoms with Gasteiger partial charge in [0.1, 0.15) is 12.4 Å². The first kappa shape index (κ1) is 11.7. The van der Waals surface area contributed by atoms with Crippen molar-refractivity contribution in [2.75, 3.05) is 6.61 Å². The summed E-state index contributed by atoms with van der Waals surface area (Å²) in [5.74, 6) is 0.383. The van der Waals surface area contributed by atoms with Crippen molar-refractivity contribution in [2.45, 2.75) is 11.8 Å². The first-order valence-electron chi connectivity index (χ1n) is 4.24. The molecule has 0 radical (unpaired) electrons. The van der Waals surface area contributed by atoms with Gasteiger partial charge in [-0.3, -0.25) is 4.55 Å². The Morgan fingerprint density at radius 2 is 2.20 bits per heavy atom. The fourth-order valence-corrected chi connectivity index (χ4v) is 1.45. The van der Waals surface area contributed by atoms with Crippen LogP contribution >= 0.6 is 0 Å². The molecule has 0 fully saturated rings. The van der Waals surface area contributed by atoms with E-state index in [-0.39, 0.29) is 4.90 Å². The van der Waals surface area contributed by atoms with Crippen molar-refractivity contribution in [1.82, 2.24) is 0 Å². The molecule has 0 saturated carbocycles. The minimum absolute atomic E-state index is 0.179. The summed E-state index contributed by atoms with van der Waals surface area (Å²) in [6.07, 6.45) is 0. The topological polar surface area (TPSA) is 63.6 Å². The van der Waals surface area contributed by atoms with Crippen LogP contribution in [0.15, 0.2) is 41.3 Å². The van der Waals surface area contributed by atoms with Gasteiger partial charge < -0.3 is 4.74 Å².